The SMILES string of the molecule is CC(C)(C)c1ccccc1OCCC1CCCCC1. The summed E-state index contributed by atoms with van der Waals surface area (Å²) in [5.74, 6) is 1.97. The minimum absolute atomic E-state index is 0.154. The summed E-state index contributed by atoms with van der Waals surface area (Å²) < 4.78 is 6.07. The van der Waals surface area contributed by atoms with E-state index in [9.17, 15) is 0 Å². The van der Waals surface area contributed by atoms with Gasteiger partial charge in [-0.05, 0) is 29.4 Å². The van der Waals surface area contributed by atoms with E-state index in [1.165, 1.54) is 44.1 Å². The van der Waals surface area contributed by atoms with Crippen molar-refractivity contribution < 1.29 is 4.74 Å². The van der Waals surface area contributed by atoms with Crippen LogP contribution in [0.4, 0.5) is 0 Å². The van der Waals surface area contributed by atoms with Crippen LogP contribution in [-0.2, 0) is 5.41 Å². The molecule has 106 valence electrons. The van der Waals surface area contributed by atoms with Crippen LogP contribution in [0, 0.1) is 5.92 Å². The first-order chi connectivity index (χ1) is 9.07. The summed E-state index contributed by atoms with van der Waals surface area (Å²) in [6.45, 7) is 7.61. The molecule has 0 N–H and O–H groups in total. The minimum Gasteiger partial charge on any atom is -0.493 e. The molecule has 1 saturated carbocycles. The predicted molar refractivity (Wildman–Crippen MR) is 81.8 cm³/mol. The van der Waals surface area contributed by atoms with Crippen molar-refractivity contribution in [2.24, 2.45) is 5.92 Å². The molecule has 1 heteroatoms. The van der Waals surface area contributed by atoms with Crippen LogP contribution in [0.2, 0.25) is 0 Å². The van der Waals surface area contributed by atoms with Crippen molar-refractivity contribution in [2.75, 3.05) is 6.61 Å². The average Bonchev–Trinajstić information content (AvgIpc) is 2.39. The Bertz CT molecular complexity index is 383. The standard InChI is InChI=1S/C18H28O/c1-18(2,3)16-11-7-8-12-17(16)19-14-13-15-9-5-4-6-10-15/h7-8,11-12,15H,4-6,9-10,13-14H2,1-3H3. The second-order valence-electron chi connectivity index (χ2n) is 6.89. The van der Waals surface area contributed by atoms with E-state index in [1.807, 2.05) is 0 Å². The largest absolute Gasteiger partial charge is 0.493 e. The number of ether oxygens (including phenoxy) is 1. The van der Waals surface area contributed by atoms with Gasteiger partial charge in [0.2, 0.25) is 0 Å². The Balaban J connectivity index is 1.88. The Kier molecular flexibility index (Phi) is 4.90. The van der Waals surface area contributed by atoms with Crippen LogP contribution in [0.3, 0.4) is 0 Å². The van der Waals surface area contributed by atoms with Gasteiger partial charge in [-0.25, -0.2) is 0 Å². The molecule has 0 heterocycles. The van der Waals surface area contributed by atoms with Crippen molar-refractivity contribution in [3.05, 3.63) is 29.8 Å². The molecule has 1 aromatic carbocycles. The Labute approximate surface area is 118 Å². The first kappa shape index (κ1) is 14.4. The smallest absolute Gasteiger partial charge is 0.123 e. The van der Waals surface area contributed by atoms with Gasteiger partial charge in [0.1, 0.15) is 5.75 Å². The van der Waals surface area contributed by atoms with Gasteiger partial charge in [-0.2, -0.15) is 0 Å². The number of para-hydroxylation sites is 1. The lowest BCUT2D eigenvalue weighted by atomic mass is 9.86. The highest BCUT2D eigenvalue weighted by molar-refractivity contribution is 5.38. The lowest BCUT2D eigenvalue weighted by molar-refractivity contribution is 0.242. The minimum atomic E-state index is 0.154. The zero-order valence-electron chi connectivity index (χ0n) is 12.7. The molecule has 0 atom stereocenters. The fourth-order valence-electron chi connectivity index (χ4n) is 3.02. The normalized spacial score (nSPS) is 17.4. The van der Waals surface area contributed by atoms with Gasteiger partial charge in [0.05, 0.1) is 6.61 Å². The third-order valence-corrected chi connectivity index (χ3v) is 4.20. The second kappa shape index (κ2) is 6.45. The first-order valence-corrected chi connectivity index (χ1v) is 7.79. The molecular formula is C18H28O. The van der Waals surface area contributed by atoms with Gasteiger partial charge in [-0.3, -0.25) is 0 Å². The van der Waals surface area contributed by atoms with E-state index in [0.29, 0.717) is 0 Å². The monoisotopic (exact) mass is 260 g/mol. The maximum Gasteiger partial charge on any atom is 0.123 e. The summed E-state index contributed by atoms with van der Waals surface area (Å²) in [5, 5.41) is 0. The van der Waals surface area contributed by atoms with E-state index in [2.05, 4.69) is 45.0 Å². The quantitative estimate of drug-likeness (QED) is 0.710. The van der Waals surface area contributed by atoms with Crippen molar-refractivity contribution in [2.45, 2.75) is 64.7 Å². The second-order valence-corrected chi connectivity index (χ2v) is 6.89. The zero-order chi connectivity index (χ0) is 13.7. The predicted octanol–water partition coefficient (Wildman–Crippen LogP) is 5.33. The van der Waals surface area contributed by atoms with Crippen molar-refractivity contribution in [1.82, 2.24) is 0 Å². The highest BCUT2D eigenvalue weighted by atomic mass is 16.5. The van der Waals surface area contributed by atoms with Crippen molar-refractivity contribution in [3.8, 4) is 5.75 Å². The molecule has 1 aliphatic carbocycles. The molecule has 1 aliphatic rings. The van der Waals surface area contributed by atoms with E-state index < -0.39 is 0 Å². The molecule has 1 aromatic rings. The maximum absolute atomic E-state index is 6.07. The number of benzene rings is 1. The molecule has 2 rings (SSSR count). The van der Waals surface area contributed by atoms with Crippen LogP contribution in [0.1, 0.15) is 64.9 Å². The van der Waals surface area contributed by atoms with Gasteiger partial charge >= 0.3 is 0 Å². The van der Waals surface area contributed by atoms with Gasteiger partial charge in [0.25, 0.3) is 0 Å². The summed E-state index contributed by atoms with van der Waals surface area (Å²) in [5.41, 5.74) is 1.47. The van der Waals surface area contributed by atoms with Crippen molar-refractivity contribution in [3.63, 3.8) is 0 Å². The number of hydrogen-bond donors (Lipinski definition) is 0. The van der Waals surface area contributed by atoms with E-state index in [-0.39, 0.29) is 5.41 Å². The van der Waals surface area contributed by atoms with Crippen LogP contribution in [-0.4, -0.2) is 6.61 Å². The third kappa shape index (κ3) is 4.26. The van der Waals surface area contributed by atoms with Crippen LogP contribution in [0.5, 0.6) is 5.75 Å². The van der Waals surface area contributed by atoms with E-state index in [4.69, 9.17) is 4.74 Å². The average molecular weight is 260 g/mol. The highest BCUT2D eigenvalue weighted by Crippen LogP contribution is 2.32. The molecule has 0 aliphatic heterocycles. The van der Waals surface area contributed by atoms with E-state index in [0.717, 1.165) is 18.3 Å². The van der Waals surface area contributed by atoms with Crippen molar-refractivity contribution in [1.29, 1.82) is 0 Å². The van der Waals surface area contributed by atoms with Crippen LogP contribution < -0.4 is 4.74 Å². The summed E-state index contributed by atoms with van der Waals surface area (Å²) in [7, 11) is 0. The Morgan fingerprint density at radius 3 is 2.42 bits per heavy atom. The van der Waals surface area contributed by atoms with Gasteiger partial charge < -0.3 is 4.74 Å². The fraction of sp³-hybridized carbons (Fsp3) is 0.667. The summed E-state index contributed by atoms with van der Waals surface area (Å²) in [4.78, 5) is 0. The Morgan fingerprint density at radius 1 is 1.05 bits per heavy atom. The highest BCUT2D eigenvalue weighted by Gasteiger charge is 2.19. The van der Waals surface area contributed by atoms with Crippen LogP contribution in [0.25, 0.3) is 0 Å². The molecule has 0 amide bonds. The Hall–Kier alpha value is -0.980. The van der Waals surface area contributed by atoms with E-state index in [1.54, 1.807) is 0 Å². The molecule has 19 heavy (non-hydrogen) atoms. The van der Waals surface area contributed by atoms with E-state index >= 15 is 0 Å². The maximum atomic E-state index is 6.07. The fourth-order valence-corrected chi connectivity index (χ4v) is 3.02. The lowest BCUT2D eigenvalue weighted by Crippen LogP contribution is -2.15. The zero-order valence-corrected chi connectivity index (χ0v) is 12.7. The molecule has 1 fully saturated rings. The van der Waals surface area contributed by atoms with Gasteiger partial charge in [-0.15, -0.1) is 0 Å². The van der Waals surface area contributed by atoms with Crippen LogP contribution in [0.15, 0.2) is 24.3 Å². The first-order valence-electron chi connectivity index (χ1n) is 7.79. The topological polar surface area (TPSA) is 9.23 Å². The Morgan fingerprint density at radius 2 is 1.74 bits per heavy atom. The number of hydrogen-bond acceptors (Lipinski definition) is 1. The lowest BCUT2D eigenvalue weighted by Gasteiger charge is -2.24. The summed E-state index contributed by atoms with van der Waals surface area (Å²) >= 11 is 0. The molecule has 0 bridgehead atoms. The summed E-state index contributed by atoms with van der Waals surface area (Å²) in [6, 6.07) is 8.48. The molecule has 0 saturated heterocycles. The molecule has 0 unspecified atom stereocenters. The third-order valence-electron chi connectivity index (χ3n) is 4.20. The molecule has 1 nitrogen and oxygen atoms in total. The van der Waals surface area contributed by atoms with Crippen LogP contribution >= 0.6 is 0 Å². The molecular weight excluding hydrogens is 232 g/mol. The number of rotatable bonds is 4. The van der Waals surface area contributed by atoms with Gasteiger partial charge in [-0.1, -0.05) is 71.1 Å². The van der Waals surface area contributed by atoms with Gasteiger partial charge in [0.15, 0.2) is 0 Å². The van der Waals surface area contributed by atoms with Gasteiger partial charge in [0, 0.05) is 0 Å². The molecule has 0 radical (unpaired) electrons. The molecule has 0 spiro atoms. The molecule has 0 aromatic heterocycles. The summed E-state index contributed by atoms with van der Waals surface area (Å²) in [6.07, 6.45) is 8.31. The van der Waals surface area contributed by atoms with Crippen molar-refractivity contribution >= 4 is 0 Å².